The fourth-order valence-corrected chi connectivity index (χ4v) is 2.74. The highest BCUT2D eigenvalue weighted by Gasteiger charge is 2.36. The van der Waals surface area contributed by atoms with E-state index >= 15 is 0 Å². The molecule has 21 heavy (non-hydrogen) atoms. The van der Waals surface area contributed by atoms with Crippen LogP contribution in [0.25, 0.3) is 0 Å². The van der Waals surface area contributed by atoms with Gasteiger partial charge in [0, 0.05) is 19.1 Å². The Labute approximate surface area is 128 Å². The SMILES string of the molecule is CCC(C)N(C)CCN1C(=O)C(c2ccccc2)NC1C. The first kappa shape index (κ1) is 16.0. The van der Waals surface area contributed by atoms with E-state index in [4.69, 9.17) is 0 Å². The van der Waals surface area contributed by atoms with Gasteiger partial charge in [-0.3, -0.25) is 10.1 Å². The third-order valence-corrected chi connectivity index (χ3v) is 4.58. The summed E-state index contributed by atoms with van der Waals surface area (Å²) in [5.41, 5.74) is 1.05. The summed E-state index contributed by atoms with van der Waals surface area (Å²) in [5, 5.41) is 3.39. The Morgan fingerprint density at radius 3 is 2.62 bits per heavy atom. The summed E-state index contributed by atoms with van der Waals surface area (Å²) in [6, 6.07) is 10.3. The molecule has 4 nitrogen and oxygen atoms in total. The monoisotopic (exact) mass is 289 g/mol. The van der Waals surface area contributed by atoms with Gasteiger partial charge < -0.3 is 9.80 Å². The quantitative estimate of drug-likeness (QED) is 0.872. The van der Waals surface area contributed by atoms with Crippen molar-refractivity contribution in [3.63, 3.8) is 0 Å². The van der Waals surface area contributed by atoms with Crippen molar-refractivity contribution in [3.8, 4) is 0 Å². The highest BCUT2D eigenvalue weighted by molar-refractivity contribution is 5.85. The number of nitrogens with zero attached hydrogens (tertiary/aromatic N) is 2. The van der Waals surface area contributed by atoms with Gasteiger partial charge in [0.15, 0.2) is 0 Å². The molecule has 0 radical (unpaired) electrons. The van der Waals surface area contributed by atoms with Crippen molar-refractivity contribution in [2.24, 2.45) is 0 Å². The van der Waals surface area contributed by atoms with Gasteiger partial charge in [0.1, 0.15) is 6.04 Å². The molecule has 0 aromatic heterocycles. The Balaban J connectivity index is 1.97. The van der Waals surface area contributed by atoms with Crippen LogP contribution in [0.3, 0.4) is 0 Å². The summed E-state index contributed by atoms with van der Waals surface area (Å²) in [7, 11) is 2.13. The molecule has 1 aliphatic rings. The van der Waals surface area contributed by atoms with Crippen molar-refractivity contribution < 1.29 is 4.79 Å². The summed E-state index contributed by atoms with van der Waals surface area (Å²) in [6.45, 7) is 8.16. The van der Waals surface area contributed by atoms with Crippen molar-refractivity contribution in [2.75, 3.05) is 20.1 Å². The molecule has 2 rings (SSSR count). The second kappa shape index (κ2) is 7.05. The summed E-state index contributed by atoms with van der Waals surface area (Å²) < 4.78 is 0. The normalized spacial score (nSPS) is 23.9. The molecule has 0 saturated carbocycles. The molecule has 116 valence electrons. The van der Waals surface area contributed by atoms with Gasteiger partial charge >= 0.3 is 0 Å². The standard InChI is InChI=1S/C17H27N3O/c1-5-13(2)19(4)11-12-20-14(3)18-16(17(20)21)15-9-7-6-8-10-15/h6-10,13-14,16,18H,5,11-12H2,1-4H3. The maximum Gasteiger partial charge on any atom is 0.245 e. The second-order valence-electron chi connectivity index (χ2n) is 5.96. The minimum absolute atomic E-state index is 0.0908. The van der Waals surface area contributed by atoms with E-state index in [1.165, 1.54) is 0 Å². The maximum absolute atomic E-state index is 12.6. The smallest absolute Gasteiger partial charge is 0.245 e. The summed E-state index contributed by atoms with van der Waals surface area (Å²) in [5.74, 6) is 0.186. The maximum atomic E-state index is 12.6. The largest absolute Gasteiger partial charge is 0.324 e. The predicted molar refractivity (Wildman–Crippen MR) is 85.9 cm³/mol. The first-order valence-electron chi connectivity index (χ1n) is 7.86. The van der Waals surface area contributed by atoms with E-state index < -0.39 is 0 Å². The number of hydrogen-bond acceptors (Lipinski definition) is 3. The van der Waals surface area contributed by atoms with E-state index in [9.17, 15) is 4.79 Å². The molecule has 4 heteroatoms. The highest BCUT2D eigenvalue weighted by Crippen LogP contribution is 2.23. The van der Waals surface area contributed by atoms with Gasteiger partial charge in [-0.25, -0.2) is 0 Å². The number of benzene rings is 1. The number of nitrogens with one attached hydrogen (secondary N) is 1. The third-order valence-electron chi connectivity index (χ3n) is 4.58. The molecule has 1 amide bonds. The fourth-order valence-electron chi connectivity index (χ4n) is 2.74. The Hall–Kier alpha value is -1.39. The Morgan fingerprint density at radius 1 is 1.33 bits per heavy atom. The van der Waals surface area contributed by atoms with Gasteiger partial charge in [0.05, 0.1) is 6.17 Å². The van der Waals surface area contributed by atoms with Crippen LogP contribution in [0, 0.1) is 0 Å². The zero-order valence-corrected chi connectivity index (χ0v) is 13.5. The van der Waals surface area contributed by atoms with Gasteiger partial charge in [0.25, 0.3) is 0 Å². The summed E-state index contributed by atoms with van der Waals surface area (Å²) in [6.07, 6.45) is 1.22. The molecule has 1 saturated heterocycles. The lowest BCUT2D eigenvalue weighted by atomic mass is 10.1. The first-order chi connectivity index (χ1) is 10.0. The van der Waals surface area contributed by atoms with Gasteiger partial charge in [-0.05, 0) is 32.9 Å². The van der Waals surface area contributed by atoms with Crippen LogP contribution >= 0.6 is 0 Å². The zero-order valence-electron chi connectivity index (χ0n) is 13.5. The van der Waals surface area contributed by atoms with E-state index in [0.29, 0.717) is 6.04 Å². The molecule has 1 aliphatic heterocycles. The number of hydrogen-bond donors (Lipinski definition) is 1. The number of carbonyl (C=O) groups excluding carboxylic acids is 1. The van der Waals surface area contributed by atoms with Crippen molar-refractivity contribution in [3.05, 3.63) is 35.9 Å². The molecule has 1 fully saturated rings. The van der Waals surface area contributed by atoms with E-state index in [1.807, 2.05) is 35.2 Å². The van der Waals surface area contributed by atoms with Crippen molar-refractivity contribution in [2.45, 2.75) is 45.4 Å². The Morgan fingerprint density at radius 2 is 2.00 bits per heavy atom. The number of likely N-dealkylation sites (N-methyl/N-ethyl adjacent to an activating group) is 1. The topological polar surface area (TPSA) is 35.6 Å². The van der Waals surface area contributed by atoms with Crippen LogP contribution in [0.1, 0.15) is 38.8 Å². The predicted octanol–water partition coefficient (Wildman–Crippen LogP) is 2.24. The van der Waals surface area contributed by atoms with Crippen LogP contribution in [0.5, 0.6) is 0 Å². The lowest BCUT2D eigenvalue weighted by Gasteiger charge is -2.28. The third kappa shape index (κ3) is 3.63. The number of amides is 1. The molecule has 0 aliphatic carbocycles. The lowest BCUT2D eigenvalue weighted by molar-refractivity contribution is -0.130. The molecular formula is C17H27N3O. The molecule has 0 spiro atoms. The molecule has 0 bridgehead atoms. The summed E-state index contributed by atoms with van der Waals surface area (Å²) >= 11 is 0. The van der Waals surface area contributed by atoms with Crippen LogP contribution in [0.4, 0.5) is 0 Å². The van der Waals surface area contributed by atoms with Crippen molar-refractivity contribution in [1.82, 2.24) is 15.1 Å². The highest BCUT2D eigenvalue weighted by atomic mass is 16.2. The molecule has 3 atom stereocenters. The van der Waals surface area contributed by atoms with Crippen molar-refractivity contribution >= 4 is 5.91 Å². The minimum Gasteiger partial charge on any atom is -0.324 e. The molecule has 1 aromatic carbocycles. The van der Waals surface area contributed by atoms with E-state index in [-0.39, 0.29) is 18.1 Å². The van der Waals surface area contributed by atoms with Crippen LogP contribution in [0.15, 0.2) is 30.3 Å². The molecule has 3 unspecified atom stereocenters. The number of carbonyl (C=O) groups is 1. The van der Waals surface area contributed by atoms with E-state index in [1.54, 1.807) is 0 Å². The Kier molecular flexibility index (Phi) is 5.37. The summed E-state index contributed by atoms with van der Waals surface area (Å²) in [4.78, 5) is 16.9. The van der Waals surface area contributed by atoms with Gasteiger partial charge in [-0.2, -0.15) is 0 Å². The molecule has 1 aromatic rings. The average Bonchev–Trinajstić information content (AvgIpc) is 2.79. The van der Waals surface area contributed by atoms with Crippen LogP contribution in [-0.2, 0) is 4.79 Å². The molecule has 1 heterocycles. The van der Waals surface area contributed by atoms with E-state index in [0.717, 1.165) is 25.1 Å². The van der Waals surface area contributed by atoms with E-state index in [2.05, 4.69) is 38.0 Å². The van der Waals surface area contributed by atoms with Gasteiger partial charge in [-0.15, -0.1) is 0 Å². The number of rotatable bonds is 6. The zero-order chi connectivity index (χ0) is 15.4. The van der Waals surface area contributed by atoms with Crippen LogP contribution in [0.2, 0.25) is 0 Å². The second-order valence-corrected chi connectivity index (χ2v) is 5.96. The minimum atomic E-state index is -0.199. The fraction of sp³-hybridized carbons (Fsp3) is 0.588. The van der Waals surface area contributed by atoms with Crippen molar-refractivity contribution in [1.29, 1.82) is 0 Å². The van der Waals surface area contributed by atoms with Gasteiger partial charge in [0.2, 0.25) is 5.91 Å². The average molecular weight is 289 g/mol. The van der Waals surface area contributed by atoms with Crippen LogP contribution in [-0.4, -0.2) is 48.1 Å². The molecular weight excluding hydrogens is 262 g/mol. The Bertz CT molecular complexity index is 462. The first-order valence-corrected chi connectivity index (χ1v) is 7.86. The molecule has 1 N–H and O–H groups in total. The van der Waals surface area contributed by atoms with Crippen LogP contribution < -0.4 is 5.32 Å². The lowest BCUT2D eigenvalue weighted by Crippen LogP contribution is -2.41. The van der Waals surface area contributed by atoms with Gasteiger partial charge in [-0.1, -0.05) is 37.3 Å².